The lowest BCUT2D eigenvalue weighted by Gasteiger charge is -2.50. The molecule has 0 radical (unpaired) electrons. The van der Waals surface area contributed by atoms with Crippen LogP contribution in [0.5, 0.6) is 0 Å². The average molecular weight is 461 g/mol. The maximum absolute atomic E-state index is 6.44. The van der Waals surface area contributed by atoms with E-state index in [9.17, 15) is 0 Å². The second kappa shape index (κ2) is 11.3. The van der Waals surface area contributed by atoms with E-state index in [1.54, 1.807) is 0 Å². The van der Waals surface area contributed by atoms with Gasteiger partial charge in [-0.05, 0) is 23.6 Å². The van der Waals surface area contributed by atoms with Gasteiger partial charge in [-0.2, -0.15) is 0 Å². The SMILES string of the molecule is CC1O[C@@H]2C(OCc3ccccc3)[C@H](O1)[C@@H](OCc1ccccc1)C[C@@H]2OCc1ccccc1. The van der Waals surface area contributed by atoms with E-state index in [1.807, 2.05) is 61.5 Å². The molecule has 5 nitrogen and oxygen atoms in total. The van der Waals surface area contributed by atoms with Gasteiger partial charge in [0, 0.05) is 6.42 Å². The Balaban J connectivity index is 1.34. The summed E-state index contributed by atoms with van der Waals surface area (Å²) in [6.45, 7) is 3.45. The Kier molecular flexibility index (Phi) is 7.69. The number of hydrogen-bond acceptors (Lipinski definition) is 5. The summed E-state index contributed by atoms with van der Waals surface area (Å²) in [5, 5.41) is 0. The Hall–Kier alpha value is -2.54. The van der Waals surface area contributed by atoms with Crippen LogP contribution in [0, 0.1) is 0 Å². The summed E-state index contributed by atoms with van der Waals surface area (Å²) >= 11 is 0. The lowest BCUT2D eigenvalue weighted by atomic mass is 9.85. The molecule has 3 aromatic carbocycles. The molecule has 2 aliphatic rings. The fraction of sp³-hybridized carbons (Fsp3) is 0.379. The second-order valence-electron chi connectivity index (χ2n) is 8.94. The van der Waals surface area contributed by atoms with Crippen molar-refractivity contribution in [2.45, 2.75) is 70.0 Å². The Morgan fingerprint density at radius 3 is 1.38 bits per heavy atom. The molecule has 3 aromatic rings. The maximum Gasteiger partial charge on any atom is 0.156 e. The predicted octanol–water partition coefficient (Wildman–Crippen LogP) is 5.28. The fourth-order valence-electron chi connectivity index (χ4n) is 4.75. The van der Waals surface area contributed by atoms with Crippen molar-refractivity contribution in [1.82, 2.24) is 0 Å². The van der Waals surface area contributed by atoms with Crippen molar-refractivity contribution in [2.75, 3.05) is 0 Å². The zero-order valence-electron chi connectivity index (χ0n) is 19.5. The zero-order valence-corrected chi connectivity index (χ0v) is 19.5. The summed E-state index contributed by atoms with van der Waals surface area (Å²) in [4.78, 5) is 0. The first-order chi connectivity index (χ1) is 16.8. The van der Waals surface area contributed by atoms with Crippen LogP contribution in [0.15, 0.2) is 91.0 Å². The van der Waals surface area contributed by atoms with E-state index in [0.717, 1.165) is 16.7 Å². The molecule has 0 spiro atoms. The van der Waals surface area contributed by atoms with Gasteiger partial charge in [-0.15, -0.1) is 0 Å². The molecule has 0 N–H and O–H groups in total. The third kappa shape index (κ3) is 5.74. The van der Waals surface area contributed by atoms with Gasteiger partial charge in [0.1, 0.15) is 18.3 Å². The van der Waals surface area contributed by atoms with Gasteiger partial charge in [0.25, 0.3) is 0 Å². The van der Waals surface area contributed by atoms with Gasteiger partial charge in [-0.1, -0.05) is 91.0 Å². The van der Waals surface area contributed by atoms with Crippen LogP contribution in [0.2, 0.25) is 0 Å². The molecular formula is C29H32O5. The zero-order chi connectivity index (χ0) is 23.2. The lowest BCUT2D eigenvalue weighted by Crippen LogP contribution is -2.64. The van der Waals surface area contributed by atoms with Gasteiger partial charge < -0.3 is 23.7 Å². The first-order valence-electron chi connectivity index (χ1n) is 12.0. The molecule has 34 heavy (non-hydrogen) atoms. The van der Waals surface area contributed by atoms with E-state index >= 15 is 0 Å². The average Bonchev–Trinajstić information content (AvgIpc) is 2.88. The minimum Gasteiger partial charge on any atom is -0.371 e. The van der Waals surface area contributed by atoms with Crippen molar-refractivity contribution in [3.63, 3.8) is 0 Å². The van der Waals surface area contributed by atoms with Gasteiger partial charge in [-0.3, -0.25) is 0 Å². The van der Waals surface area contributed by atoms with Crippen molar-refractivity contribution >= 4 is 0 Å². The normalized spacial score (nSPS) is 28.5. The molecule has 2 fully saturated rings. The van der Waals surface area contributed by atoms with Gasteiger partial charge in [0.2, 0.25) is 0 Å². The minimum absolute atomic E-state index is 0.163. The number of hydrogen-bond donors (Lipinski definition) is 0. The minimum atomic E-state index is -0.350. The number of fused-ring (bicyclic) bond motifs is 2. The van der Waals surface area contributed by atoms with Gasteiger partial charge in [-0.25, -0.2) is 0 Å². The van der Waals surface area contributed by atoms with Crippen LogP contribution >= 0.6 is 0 Å². The summed E-state index contributed by atoms with van der Waals surface area (Å²) in [5.74, 6) is 0. The summed E-state index contributed by atoms with van der Waals surface area (Å²) in [6, 6.07) is 30.6. The van der Waals surface area contributed by atoms with Gasteiger partial charge in [0.15, 0.2) is 6.29 Å². The maximum atomic E-state index is 6.44. The first-order valence-corrected chi connectivity index (χ1v) is 12.0. The quantitative estimate of drug-likeness (QED) is 0.435. The fourth-order valence-corrected chi connectivity index (χ4v) is 4.75. The summed E-state index contributed by atoms with van der Waals surface area (Å²) in [5.41, 5.74) is 3.38. The Bertz CT molecular complexity index is 937. The molecule has 1 saturated carbocycles. The number of ether oxygens (including phenoxy) is 5. The van der Waals surface area contributed by atoms with Crippen LogP contribution in [-0.4, -0.2) is 36.8 Å². The third-order valence-electron chi connectivity index (χ3n) is 6.44. The molecule has 0 aromatic heterocycles. The molecule has 1 saturated heterocycles. The molecule has 1 heterocycles. The molecular weight excluding hydrogens is 428 g/mol. The van der Waals surface area contributed by atoms with E-state index in [1.165, 1.54) is 0 Å². The predicted molar refractivity (Wildman–Crippen MR) is 129 cm³/mol. The van der Waals surface area contributed by atoms with Gasteiger partial charge >= 0.3 is 0 Å². The summed E-state index contributed by atoms with van der Waals surface area (Å²) < 4.78 is 31.8. The molecule has 178 valence electrons. The molecule has 1 aliphatic carbocycles. The monoisotopic (exact) mass is 460 g/mol. The Labute approximate surface area is 201 Å². The first kappa shape index (κ1) is 23.2. The van der Waals surface area contributed by atoms with Crippen molar-refractivity contribution in [1.29, 1.82) is 0 Å². The lowest BCUT2D eigenvalue weighted by molar-refractivity contribution is -0.347. The standard InChI is InChI=1S/C29H32O5/c1-21-33-27-25(30-18-22-11-5-2-6-12-22)17-26(31-19-23-13-7-3-8-14-23)28(34-21)29(27)32-20-24-15-9-4-10-16-24/h2-16,21,25-29H,17-20H2,1H3/t21?,25-,26-,27-,28+,29?/m0/s1. The molecule has 5 heteroatoms. The Morgan fingerprint density at radius 2 is 0.971 bits per heavy atom. The largest absolute Gasteiger partial charge is 0.371 e. The van der Waals surface area contributed by atoms with Crippen LogP contribution < -0.4 is 0 Å². The summed E-state index contributed by atoms with van der Waals surface area (Å²) in [6.07, 6.45) is -0.721. The smallest absolute Gasteiger partial charge is 0.156 e. The van der Waals surface area contributed by atoms with Crippen LogP contribution in [0.25, 0.3) is 0 Å². The van der Waals surface area contributed by atoms with E-state index in [0.29, 0.717) is 26.2 Å². The van der Waals surface area contributed by atoms with Gasteiger partial charge in [0.05, 0.1) is 32.0 Å². The van der Waals surface area contributed by atoms with Crippen LogP contribution in [-0.2, 0) is 43.5 Å². The van der Waals surface area contributed by atoms with Crippen molar-refractivity contribution < 1.29 is 23.7 Å². The van der Waals surface area contributed by atoms with E-state index in [-0.39, 0.29) is 36.8 Å². The van der Waals surface area contributed by atoms with Crippen LogP contribution in [0.3, 0.4) is 0 Å². The second-order valence-corrected chi connectivity index (χ2v) is 8.94. The molecule has 2 unspecified atom stereocenters. The number of benzene rings is 3. The highest BCUT2D eigenvalue weighted by Gasteiger charge is 2.52. The molecule has 0 amide bonds. The summed E-state index contributed by atoms with van der Waals surface area (Å²) in [7, 11) is 0. The van der Waals surface area contributed by atoms with E-state index < -0.39 is 0 Å². The van der Waals surface area contributed by atoms with Crippen molar-refractivity contribution in [2.24, 2.45) is 0 Å². The molecule has 2 bridgehead atoms. The highest BCUT2D eigenvalue weighted by molar-refractivity contribution is 5.16. The van der Waals surface area contributed by atoms with E-state index in [4.69, 9.17) is 23.7 Å². The van der Waals surface area contributed by atoms with Crippen LogP contribution in [0.4, 0.5) is 0 Å². The highest BCUT2D eigenvalue weighted by Crippen LogP contribution is 2.37. The van der Waals surface area contributed by atoms with Crippen LogP contribution in [0.1, 0.15) is 30.0 Å². The molecule has 1 aliphatic heterocycles. The Morgan fingerprint density at radius 1 is 0.588 bits per heavy atom. The number of rotatable bonds is 9. The third-order valence-corrected chi connectivity index (χ3v) is 6.44. The topological polar surface area (TPSA) is 46.2 Å². The van der Waals surface area contributed by atoms with Crippen molar-refractivity contribution in [3.05, 3.63) is 108 Å². The highest BCUT2D eigenvalue weighted by atomic mass is 16.7. The molecule has 5 rings (SSSR count). The van der Waals surface area contributed by atoms with Crippen molar-refractivity contribution in [3.8, 4) is 0 Å². The molecule has 6 atom stereocenters. The van der Waals surface area contributed by atoms with E-state index in [2.05, 4.69) is 36.4 Å².